The van der Waals surface area contributed by atoms with Crippen molar-refractivity contribution in [3.63, 3.8) is 0 Å². The molecule has 1 heterocycles. The largest absolute Gasteiger partial charge is 0.320 e. The maximum Gasteiger partial charge on any atom is 0.192 e. The van der Waals surface area contributed by atoms with Crippen LogP contribution in [0, 0.1) is 6.92 Å². The number of aldehydes is 1. The molecule has 0 unspecified atom stereocenters. The van der Waals surface area contributed by atoms with Crippen LogP contribution in [-0.4, -0.2) is 10.9 Å². The first-order valence-electron chi connectivity index (χ1n) is 5.06. The fraction of sp³-hybridized carbons (Fsp3) is 0.0769. The molecule has 0 fully saturated rings. The second kappa shape index (κ2) is 4.55. The lowest BCUT2D eigenvalue weighted by Crippen LogP contribution is -2.13. The molecule has 0 aliphatic carbocycles. The molecule has 0 aliphatic rings. The van der Waals surface area contributed by atoms with E-state index in [1.807, 2.05) is 19.1 Å². The van der Waals surface area contributed by atoms with Gasteiger partial charge in [-0.1, -0.05) is 11.6 Å². The van der Waals surface area contributed by atoms with Gasteiger partial charge in [0.1, 0.15) is 0 Å². The highest BCUT2D eigenvalue weighted by molar-refractivity contribution is 6.30. The van der Waals surface area contributed by atoms with Crippen LogP contribution in [0.4, 0.5) is 0 Å². The van der Waals surface area contributed by atoms with Crippen LogP contribution in [0.3, 0.4) is 0 Å². The highest BCUT2D eigenvalue weighted by atomic mass is 35.5. The van der Waals surface area contributed by atoms with E-state index >= 15 is 0 Å². The summed E-state index contributed by atoms with van der Waals surface area (Å²) in [5.74, 6) is 0. The third kappa shape index (κ3) is 2.29. The Labute approximate surface area is 103 Å². The zero-order valence-corrected chi connectivity index (χ0v) is 9.94. The van der Waals surface area contributed by atoms with E-state index in [1.54, 1.807) is 16.7 Å². The zero-order valence-electron chi connectivity index (χ0n) is 9.18. The Morgan fingerprint density at radius 1 is 1.24 bits per heavy atom. The van der Waals surface area contributed by atoms with Crippen LogP contribution in [0.15, 0.2) is 41.3 Å². The van der Waals surface area contributed by atoms with Crippen molar-refractivity contribution in [2.24, 2.45) is 0 Å². The second-order valence-electron chi connectivity index (χ2n) is 3.70. The lowest BCUT2D eigenvalue weighted by molar-refractivity contribution is 0.112. The van der Waals surface area contributed by atoms with Gasteiger partial charge < -0.3 is 4.57 Å². The lowest BCUT2D eigenvalue weighted by Gasteiger charge is -2.11. The summed E-state index contributed by atoms with van der Waals surface area (Å²) in [5.41, 5.74) is 1.51. The van der Waals surface area contributed by atoms with Crippen molar-refractivity contribution in [2.45, 2.75) is 6.92 Å². The van der Waals surface area contributed by atoms with Gasteiger partial charge in [0.2, 0.25) is 0 Å². The zero-order chi connectivity index (χ0) is 12.4. The van der Waals surface area contributed by atoms with Gasteiger partial charge in [-0.3, -0.25) is 9.59 Å². The summed E-state index contributed by atoms with van der Waals surface area (Å²) in [7, 11) is 0. The minimum atomic E-state index is -0.261. The van der Waals surface area contributed by atoms with E-state index in [-0.39, 0.29) is 11.0 Å². The highest BCUT2D eigenvalue weighted by Gasteiger charge is 2.04. The van der Waals surface area contributed by atoms with Gasteiger partial charge in [0.25, 0.3) is 0 Å². The average Bonchev–Trinajstić information content (AvgIpc) is 2.31. The van der Waals surface area contributed by atoms with E-state index in [0.29, 0.717) is 11.3 Å². The quantitative estimate of drug-likeness (QED) is 0.766. The smallest absolute Gasteiger partial charge is 0.192 e. The molecule has 0 amide bonds. The third-order valence-corrected chi connectivity index (χ3v) is 2.76. The number of pyridine rings is 1. The maximum absolute atomic E-state index is 11.4. The van der Waals surface area contributed by atoms with Gasteiger partial charge in [0, 0.05) is 28.7 Å². The average molecular weight is 248 g/mol. The molecule has 3 nitrogen and oxygen atoms in total. The molecule has 0 saturated heterocycles. The molecule has 0 saturated carbocycles. The lowest BCUT2D eigenvalue weighted by atomic mass is 10.2. The summed E-state index contributed by atoms with van der Waals surface area (Å²) in [6, 6.07) is 8.62. The molecule has 1 aromatic heterocycles. The number of halogens is 1. The van der Waals surface area contributed by atoms with Crippen LogP contribution in [0.5, 0.6) is 0 Å². The SMILES string of the molecule is Cc1cc(=O)c(C=O)cn1-c1ccc(Cl)cc1. The van der Waals surface area contributed by atoms with Crippen molar-refractivity contribution >= 4 is 17.9 Å². The maximum atomic E-state index is 11.4. The Morgan fingerprint density at radius 3 is 2.47 bits per heavy atom. The van der Waals surface area contributed by atoms with Crippen molar-refractivity contribution in [3.8, 4) is 5.69 Å². The van der Waals surface area contributed by atoms with Crippen LogP contribution >= 0.6 is 11.6 Å². The number of aromatic nitrogens is 1. The van der Waals surface area contributed by atoms with Crippen LogP contribution in [-0.2, 0) is 0 Å². The number of hydrogen-bond acceptors (Lipinski definition) is 2. The number of hydrogen-bond donors (Lipinski definition) is 0. The van der Waals surface area contributed by atoms with Gasteiger partial charge in [0.05, 0.1) is 5.56 Å². The molecule has 0 spiro atoms. The summed E-state index contributed by atoms with van der Waals surface area (Å²) >= 11 is 5.81. The van der Waals surface area contributed by atoms with E-state index in [2.05, 4.69) is 0 Å². The summed E-state index contributed by atoms with van der Waals surface area (Å²) < 4.78 is 1.78. The number of carbonyl (C=O) groups excluding carboxylic acids is 1. The normalized spacial score (nSPS) is 10.2. The van der Waals surface area contributed by atoms with Crippen LogP contribution in [0.2, 0.25) is 5.02 Å². The highest BCUT2D eigenvalue weighted by Crippen LogP contribution is 2.14. The molecule has 4 heteroatoms. The van der Waals surface area contributed by atoms with Crippen LogP contribution in [0.25, 0.3) is 5.69 Å². The number of aryl methyl sites for hydroxylation is 1. The summed E-state index contributed by atoms with van der Waals surface area (Å²) in [6.07, 6.45) is 2.10. The predicted octanol–water partition coefficient (Wildman–Crippen LogP) is 2.61. The molecule has 17 heavy (non-hydrogen) atoms. The van der Waals surface area contributed by atoms with E-state index in [9.17, 15) is 9.59 Å². The first-order chi connectivity index (χ1) is 8.11. The standard InChI is InChI=1S/C13H10ClNO2/c1-9-6-13(17)10(8-16)7-15(9)12-4-2-11(14)3-5-12/h2-8H,1H3. The Hall–Kier alpha value is -1.87. The topological polar surface area (TPSA) is 39.1 Å². The number of benzene rings is 1. The van der Waals surface area contributed by atoms with Gasteiger partial charge >= 0.3 is 0 Å². The fourth-order valence-electron chi connectivity index (χ4n) is 1.62. The molecular weight excluding hydrogens is 238 g/mol. The second-order valence-corrected chi connectivity index (χ2v) is 4.14. The van der Waals surface area contributed by atoms with Gasteiger partial charge in [-0.15, -0.1) is 0 Å². The van der Waals surface area contributed by atoms with Gasteiger partial charge in [0.15, 0.2) is 11.7 Å². The Morgan fingerprint density at radius 2 is 1.88 bits per heavy atom. The fourth-order valence-corrected chi connectivity index (χ4v) is 1.74. The number of rotatable bonds is 2. The molecule has 0 atom stereocenters. The minimum Gasteiger partial charge on any atom is -0.320 e. The number of nitrogens with zero attached hydrogens (tertiary/aromatic N) is 1. The third-order valence-electron chi connectivity index (χ3n) is 2.50. The molecular formula is C13H10ClNO2. The van der Waals surface area contributed by atoms with Crippen LogP contribution in [0.1, 0.15) is 16.1 Å². The van der Waals surface area contributed by atoms with Gasteiger partial charge in [-0.05, 0) is 31.2 Å². The van der Waals surface area contributed by atoms with E-state index < -0.39 is 0 Å². The Balaban J connectivity index is 2.62. The Kier molecular flexibility index (Phi) is 3.11. The monoisotopic (exact) mass is 247 g/mol. The van der Waals surface area contributed by atoms with Crippen molar-refractivity contribution in [1.29, 1.82) is 0 Å². The minimum absolute atomic E-state index is 0.144. The molecule has 0 N–H and O–H groups in total. The van der Waals surface area contributed by atoms with E-state index in [1.165, 1.54) is 12.3 Å². The van der Waals surface area contributed by atoms with Crippen molar-refractivity contribution in [1.82, 2.24) is 4.57 Å². The molecule has 2 aromatic rings. The number of carbonyl (C=O) groups is 1. The molecule has 0 radical (unpaired) electrons. The van der Waals surface area contributed by atoms with Crippen molar-refractivity contribution < 1.29 is 4.79 Å². The van der Waals surface area contributed by atoms with E-state index in [4.69, 9.17) is 11.6 Å². The van der Waals surface area contributed by atoms with Crippen molar-refractivity contribution in [3.05, 3.63) is 63.0 Å². The summed E-state index contributed by atoms with van der Waals surface area (Å²) in [5, 5.41) is 0.642. The van der Waals surface area contributed by atoms with Crippen LogP contribution < -0.4 is 5.43 Å². The summed E-state index contributed by atoms with van der Waals surface area (Å²) in [6.45, 7) is 1.81. The first kappa shape index (κ1) is 11.6. The van der Waals surface area contributed by atoms with Gasteiger partial charge in [-0.2, -0.15) is 0 Å². The summed E-state index contributed by atoms with van der Waals surface area (Å²) in [4.78, 5) is 22.2. The van der Waals surface area contributed by atoms with E-state index in [0.717, 1.165) is 11.4 Å². The molecule has 1 aromatic carbocycles. The van der Waals surface area contributed by atoms with Gasteiger partial charge in [-0.25, -0.2) is 0 Å². The molecule has 0 aliphatic heterocycles. The molecule has 0 bridgehead atoms. The predicted molar refractivity (Wildman–Crippen MR) is 67.2 cm³/mol. The Bertz CT molecular complexity index is 614. The molecule has 2 rings (SSSR count). The van der Waals surface area contributed by atoms with Crippen molar-refractivity contribution in [2.75, 3.05) is 0 Å². The first-order valence-corrected chi connectivity index (χ1v) is 5.44. The molecule has 86 valence electrons.